The van der Waals surface area contributed by atoms with E-state index < -0.39 is 28.6 Å². The normalized spacial score (nSPS) is 17.4. The lowest BCUT2D eigenvalue weighted by Gasteiger charge is -2.26. The summed E-state index contributed by atoms with van der Waals surface area (Å²) in [4.78, 5) is 22.5. The van der Waals surface area contributed by atoms with Crippen molar-refractivity contribution in [3.8, 4) is 5.75 Å². The maximum absolute atomic E-state index is 12.5. The van der Waals surface area contributed by atoms with Crippen LogP contribution >= 0.6 is 0 Å². The summed E-state index contributed by atoms with van der Waals surface area (Å²) >= 11 is 0. The van der Waals surface area contributed by atoms with Crippen LogP contribution < -0.4 is 10.1 Å². The number of amides is 1. The van der Waals surface area contributed by atoms with Gasteiger partial charge >= 0.3 is 5.97 Å². The van der Waals surface area contributed by atoms with Crippen LogP contribution in [-0.4, -0.2) is 49.4 Å². The van der Waals surface area contributed by atoms with E-state index in [2.05, 4.69) is 5.32 Å². The lowest BCUT2D eigenvalue weighted by molar-refractivity contribution is -0.137. The van der Waals surface area contributed by atoms with Gasteiger partial charge in [-0.1, -0.05) is 6.92 Å². The molecule has 0 aliphatic carbocycles. The van der Waals surface area contributed by atoms with Crippen LogP contribution in [0.5, 0.6) is 5.75 Å². The summed E-state index contributed by atoms with van der Waals surface area (Å²) in [6, 6.07) is 2.82. The van der Waals surface area contributed by atoms with E-state index >= 15 is 0 Å². The highest BCUT2D eigenvalue weighted by Gasteiger charge is 2.30. The molecule has 0 radical (unpaired) electrons. The molecule has 2 N–H and O–H groups in total. The summed E-state index contributed by atoms with van der Waals surface area (Å²) < 4.78 is 31.3. The third-order valence-electron chi connectivity index (χ3n) is 3.51. The fraction of sp³-hybridized carbons (Fsp3) is 0.429. The molecule has 1 aromatic rings. The summed E-state index contributed by atoms with van der Waals surface area (Å²) in [6.45, 7) is 2.70. The van der Waals surface area contributed by atoms with Gasteiger partial charge in [-0.15, -0.1) is 0 Å². The number of hydrogen-bond acceptors (Lipinski definition) is 5. The molecule has 23 heavy (non-hydrogen) atoms. The predicted molar refractivity (Wildman–Crippen MR) is 82.0 cm³/mol. The minimum atomic E-state index is -3.98. The van der Waals surface area contributed by atoms with Crippen LogP contribution in [-0.2, 0) is 19.6 Å². The summed E-state index contributed by atoms with van der Waals surface area (Å²) in [5.41, 5.74) is 0.789. The first-order chi connectivity index (χ1) is 10.7. The van der Waals surface area contributed by atoms with Gasteiger partial charge in [0.25, 0.3) is 5.91 Å². The molecule has 1 heterocycles. The van der Waals surface area contributed by atoms with E-state index in [0.29, 0.717) is 17.7 Å². The van der Waals surface area contributed by atoms with E-state index in [0.717, 1.165) is 4.31 Å². The molecule has 0 spiro atoms. The molecule has 1 aromatic carbocycles. The minimum absolute atomic E-state index is 0.0500. The topological polar surface area (TPSA) is 113 Å². The Labute approximate surface area is 134 Å². The van der Waals surface area contributed by atoms with E-state index in [4.69, 9.17) is 9.84 Å². The highest BCUT2D eigenvalue weighted by molar-refractivity contribution is 7.89. The Morgan fingerprint density at radius 3 is 2.65 bits per heavy atom. The first-order valence-corrected chi connectivity index (χ1v) is 8.41. The maximum Gasteiger partial charge on any atom is 0.318 e. The van der Waals surface area contributed by atoms with Gasteiger partial charge in [0.05, 0.1) is 10.6 Å². The number of likely N-dealkylation sites (N-methyl/N-ethyl adjacent to an activating group) is 1. The van der Waals surface area contributed by atoms with Crippen molar-refractivity contribution in [2.24, 2.45) is 0 Å². The number of nitrogens with one attached hydrogen (secondary N) is 1. The highest BCUT2D eigenvalue weighted by atomic mass is 32.2. The van der Waals surface area contributed by atoms with Gasteiger partial charge in [0.1, 0.15) is 12.3 Å². The molecule has 9 heteroatoms. The molecule has 0 aromatic heterocycles. The van der Waals surface area contributed by atoms with Crippen LogP contribution in [0.1, 0.15) is 18.9 Å². The van der Waals surface area contributed by atoms with Crippen LogP contribution in [0.25, 0.3) is 0 Å². The molecule has 0 saturated carbocycles. The zero-order chi connectivity index (χ0) is 17.4. The standard InChI is InChI=1S/C14H18N2O6S/c1-4-10-14(19)15-9-5-8(2)12(6-11(9)22-10)23(20,21)16(3)7-13(17)18/h5-6,10H,4,7H2,1-3H3,(H,15,19)(H,17,18)/t10-/m1/s1. The average Bonchev–Trinajstić information content (AvgIpc) is 2.45. The van der Waals surface area contributed by atoms with Gasteiger partial charge in [0, 0.05) is 13.1 Å². The molecule has 126 valence electrons. The van der Waals surface area contributed by atoms with Gasteiger partial charge in [-0.25, -0.2) is 8.42 Å². The highest BCUT2D eigenvalue weighted by Crippen LogP contribution is 2.35. The van der Waals surface area contributed by atoms with Gasteiger partial charge in [-0.2, -0.15) is 4.31 Å². The number of aryl methyl sites for hydroxylation is 1. The Balaban J connectivity index is 2.46. The number of carbonyl (C=O) groups is 2. The molecule has 0 bridgehead atoms. The van der Waals surface area contributed by atoms with Crippen molar-refractivity contribution in [3.05, 3.63) is 17.7 Å². The number of anilines is 1. The molecule has 2 rings (SSSR count). The fourth-order valence-corrected chi connectivity index (χ4v) is 3.61. The maximum atomic E-state index is 12.5. The third kappa shape index (κ3) is 3.30. The largest absolute Gasteiger partial charge is 0.480 e. The fourth-order valence-electron chi connectivity index (χ4n) is 2.27. The predicted octanol–water partition coefficient (Wildman–Crippen LogP) is 0.810. The quantitative estimate of drug-likeness (QED) is 0.819. The van der Waals surface area contributed by atoms with Crippen LogP contribution in [0.2, 0.25) is 0 Å². The van der Waals surface area contributed by atoms with Crippen molar-refractivity contribution in [2.75, 3.05) is 18.9 Å². The molecule has 1 atom stereocenters. The van der Waals surface area contributed by atoms with E-state index in [-0.39, 0.29) is 16.6 Å². The minimum Gasteiger partial charge on any atom is -0.480 e. The van der Waals surface area contributed by atoms with Crippen LogP contribution in [0.4, 0.5) is 5.69 Å². The molecular formula is C14H18N2O6S. The van der Waals surface area contributed by atoms with Crippen molar-refractivity contribution < 1.29 is 27.9 Å². The molecule has 1 aliphatic rings. The second kappa shape index (κ2) is 6.17. The lowest BCUT2D eigenvalue weighted by atomic mass is 10.1. The monoisotopic (exact) mass is 342 g/mol. The number of nitrogens with zero attached hydrogens (tertiary/aromatic N) is 1. The average molecular weight is 342 g/mol. The van der Waals surface area contributed by atoms with Crippen molar-refractivity contribution in [1.82, 2.24) is 4.31 Å². The SMILES string of the molecule is CC[C@H]1Oc2cc(S(=O)(=O)N(C)CC(=O)O)c(C)cc2NC1=O. The third-order valence-corrected chi connectivity index (χ3v) is 5.46. The smallest absolute Gasteiger partial charge is 0.318 e. The van der Waals surface area contributed by atoms with E-state index in [1.54, 1.807) is 13.8 Å². The van der Waals surface area contributed by atoms with Crippen molar-refractivity contribution in [3.63, 3.8) is 0 Å². The number of sulfonamides is 1. The Bertz CT molecular complexity index is 759. The van der Waals surface area contributed by atoms with Crippen molar-refractivity contribution >= 4 is 27.6 Å². The van der Waals surface area contributed by atoms with Gasteiger partial charge in [-0.3, -0.25) is 9.59 Å². The second-order valence-corrected chi connectivity index (χ2v) is 7.29. The number of carboxylic acids is 1. The Morgan fingerprint density at radius 2 is 2.09 bits per heavy atom. The number of ether oxygens (including phenoxy) is 1. The molecule has 8 nitrogen and oxygen atoms in total. The molecule has 0 fully saturated rings. The van der Waals surface area contributed by atoms with Crippen LogP contribution in [0.3, 0.4) is 0 Å². The summed E-state index contributed by atoms with van der Waals surface area (Å²) in [7, 11) is -2.78. The zero-order valence-corrected chi connectivity index (χ0v) is 13.8. The lowest BCUT2D eigenvalue weighted by Crippen LogP contribution is -2.37. The summed E-state index contributed by atoms with van der Waals surface area (Å²) in [5, 5.41) is 11.4. The van der Waals surface area contributed by atoms with Crippen molar-refractivity contribution in [1.29, 1.82) is 0 Å². The van der Waals surface area contributed by atoms with E-state index in [1.807, 2.05) is 0 Å². The van der Waals surface area contributed by atoms with E-state index in [1.165, 1.54) is 19.2 Å². The number of benzene rings is 1. The molecular weight excluding hydrogens is 324 g/mol. The molecule has 0 saturated heterocycles. The van der Waals surface area contributed by atoms with Crippen molar-refractivity contribution in [2.45, 2.75) is 31.3 Å². The van der Waals surface area contributed by atoms with Gasteiger partial charge < -0.3 is 15.2 Å². The Hall–Kier alpha value is -2.13. The van der Waals surface area contributed by atoms with Gasteiger partial charge in [0.15, 0.2) is 6.10 Å². The zero-order valence-electron chi connectivity index (χ0n) is 13.0. The number of carboxylic acid groups (broad SMARTS) is 1. The first kappa shape index (κ1) is 17.2. The van der Waals surface area contributed by atoms with Gasteiger partial charge in [0.2, 0.25) is 10.0 Å². The first-order valence-electron chi connectivity index (χ1n) is 6.97. The molecule has 0 unspecified atom stereocenters. The number of fused-ring (bicyclic) bond motifs is 1. The van der Waals surface area contributed by atoms with E-state index in [9.17, 15) is 18.0 Å². The van der Waals surface area contributed by atoms with Gasteiger partial charge in [-0.05, 0) is 25.0 Å². The number of aliphatic carboxylic acids is 1. The second-order valence-electron chi connectivity index (χ2n) is 5.27. The molecule has 1 amide bonds. The molecule has 1 aliphatic heterocycles. The number of carbonyl (C=O) groups excluding carboxylic acids is 1. The van der Waals surface area contributed by atoms with Crippen LogP contribution in [0, 0.1) is 6.92 Å². The number of hydrogen-bond donors (Lipinski definition) is 2. The number of rotatable bonds is 5. The van der Waals surface area contributed by atoms with Crippen LogP contribution in [0.15, 0.2) is 17.0 Å². The Kier molecular flexibility index (Phi) is 4.62. The Morgan fingerprint density at radius 1 is 1.43 bits per heavy atom. The summed E-state index contributed by atoms with van der Waals surface area (Å²) in [6.07, 6.45) is -0.238. The summed E-state index contributed by atoms with van der Waals surface area (Å²) in [5.74, 6) is -1.27.